The van der Waals surface area contributed by atoms with Gasteiger partial charge in [-0.1, -0.05) is 0 Å². The minimum atomic E-state index is -0.320. The maximum absolute atomic E-state index is 12.3. The molecule has 0 aliphatic rings. The Morgan fingerprint density at radius 1 is 1.40 bits per heavy atom. The molecule has 0 bridgehead atoms. The number of nitrogens with zero attached hydrogens (tertiary/aromatic N) is 2. The van der Waals surface area contributed by atoms with E-state index in [1.807, 2.05) is 13.8 Å². The van der Waals surface area contributed by atoms with Gasteiger partial charge in [0.1, 0.15) is 17.6 Å². The fraction of sp³-hybridized carbons (Fsp3) is 0.308. The molecule has 1 atom stereocenters. The number of hydrogen-bond donors (Lipinski definition) is 2. The van der Waals surface area contributed by atoms with Crippen LogP contribution in [0.15, 0.2) is 27.3 Å². The molecule has 0 aliphatic carbocycles. The summed E-state index contributed by atoms with van der Waals surface area (Å²) in [6.45, 7) is 3.62. The lowest BCUT2D eigenvalue weighted by molar-refractivity contribution is 0.0934. The first-order valence-electron chi connectivity index (χ1n) is 6.07. The van der Waals surface area contributed by atoms with E-state index in [-0.39, 0.29) is 11.9 Å². The molecule has 0 aromatic carbocycles. The van der Waals surface area contributed by atoms with Crippen molar-refractivity contribution in [3.05, 3.63) is 40.1 Å². The van der Waals surface area contributed by atoms with Gasteiger partial charge in [-0.2, -0.15) is 0 Å². The van der Waals surface area contributed by atoms with E-state index in [0.29, 0.717) is 23.0 Å². The number of oxazole rings is 1. The first kappa shape index (κ1) is 14.5. The maximum atomic E-state index is 12.3. The number of carbonyl (C=O) groups is 1. The number of pyridine rings is 1. The van der Waals surface area contributed by atoms with Crippen LogP contribution in [0.25, 0.3) is 0 Å². The zero-order valence-electron chi connectivity index (χ0n) is 11.4. The Labute approximate surface area is 125 Å². The standard InChI is InChI=1S/C13H15BrN4O2/c1-7-5-17-13(20-7)8(2)18-12(19)10-4-9(14)6-16-11(10)15-3/h4-6,8H,1-3H3,(H,15,16)(H,18,19). The van der Waals surface area contributed by atoms with Gasteiger partial charge in [0.05, 0.1) is 11.8 Å². The van der Waals surface area contributed by atoms with Gasteiger partial charge in [0, 0.05) is 17.7 Å². The third-order valence-corrected chi connectivity index (χ3v) is 3.13. The van der Waals surface area contributed by atoms with Crippen molar-refractivity contribution in [3.63, 3.8) is 0 Å². The van der Waals surface area contributed by atoms with Gasteiger partial charge in [-0.05, 0) is 35.8 Å². The monoisotopic (exact) mass is 338 g/mol. The molecule has 2 aromatic heterocycles. The number of nitrogens with one attached hydrogen (secondary N) is 2. The molecule has 0 saturated carbocycles. The van der Waals surface area contributed by atoms with Crippen molar-refractivity contribution >= 4 is 27.7 Å². The molecule has 2 rings (SSSR count). The Morgan fingerprint density at radius 3 is 2.75 bits per heavy atom. The van der Waals surface area contributed by atoms with Crippen LogP contribution in [0, 0.1) is 6.92 Å². The van der Waals surface area contributed by atoms with Crippen molar-refractivity contribution in [2.45, 2.75) is 19.9 Å². The SMILES string of the molecule is CNc1ncc(Br)cc1C(=O)NC(C)c1ncc(C)o1. The zero-order valence-corrected chi connectivity index (χ0v) is 13.0. The summed E-state index contributed by atoms with van der Waals surface area (Å²) in [7, 11) is 1.72. The molecule has 2 aromatic rings. The molecule has 0 fully saturated rings. The van der Waals surface area contributed by atoms with Crippen molar-refractivity contribution in [1.29, 1.82) is 0 Å². The highest BCUT2D eigenvalue weighted by Gasteiger charge is 2.18. The van der Waals surface area contributed by atoms with E-state index in [9.17, 15) is 4.79 Å². The van der Waals surface area contributed by atoms with E-state index in [0.717, 1.165) is 4.47 Å². The molecule has 0 aliphatic heterocycles. The lowest BCUT2D eigenvalue weighted by Crippen LogP contribution is -2.27. The van der Waals surface area contributed by atoms with Gasteiger partial charge < -0.3 is 15.1 Å². The number of aryl methyl sites for hydroxylation is 1. The summed E-state index contributed by atoms with van der Waals surface area (Å²) in [4.78, 5) is 20.5. The van der Waals surface area contributed by atoms with E-state index in [4.69, 9.17) is 4.42 Å². The number of anilines is 1. The molecule has 106 valence electrons. The molecule has 0 saturated heterocycles. The third kappa shape index (κ3) is 3.16. The Bertz CT molecular complexity index is 627. The average Bonchev–Trinajstić information content (AvgIpc) is 2.85. The number of halogens is 1. The third-order valence-electron chi connectivity index (χ3n) is 2.69. The van der Waals surface area contributed by atoms with Gasteiger partial charge in [-0.25, -0.2) is 9.97 Å². The van der Waals surface area contributed by atoms with Crippen LogP contribution in [0.2, 0.25) is 0 Å². The first-order valence-corrected chi connectivity index (χ1v) is 6.87. The molecular weight excluding hydrogens is 324 g/mol. The molecule has 2 N–H and O–H groups in total. The van der Waals surface area contributed by atoms with Gasteiger partial charge in [0.15, 0.2) is 0 Å². The van der Waals surface area contributed by atoms with E-state index >= 15 is 0 Å². The number of amides is 1. The lowest BCUT2D eigenvalue weighted by Gasteiger charge is -2.12. The van der Waals surface area contributed by atoms with Gasteiger partial charge in [0.2, 0.25) is 5.89 Å². The minimum Gasteiger partial charge on any atom is -0.444 e. The predicted molar refractivity (Wildman–Crippen MR) is 78.6 cm³/mol. The summed E-state index contributed by atoms with van der Waals surface area (Å²) in [5.74, 6) is 1.46. The highest BCUT2D eigenvalue weighted by molar-refractivity contribution is 9.10. The second kappa shape index (κ2) is 6.04. The van der Waals surface area contributed by atoms with Crippen LogP contribution in [-0.4, -0.2) is 22.9 Å². The molecule has 20 heavy (non-hydrogen) atoms. The van der Waals surface area contributed by atoms with Crippen LogP contribution >= 0.6 is 15.9 Å². The molecule has 1 unspecified atom stereocenters. The summed E-state index contributed by atoms with van der Waals surface area (Å²) in [5.41, 5.74) is 0.456. The quantitative estimate of drug-likeness (QED) is 0.895. The van der Waals surface area contributed by atoms with E-state index in [1.54, 1.807) is 25.5 Å². The van der Waals surface area contributed by atoms with Crippen LogP contribution in [-0.2, 0) is 0 Å². The van der Waals surface area contributed by atoms with Crippen molar-refractivity contribution in [2.75, 3.05) is 12.4 Å². The van der Waals surface area contributed by atoms with Crippen LogP contribution in [0.1, 0.15) is 35.0 Å². The predicted octanol–water partition coefficient (Wildman–Crippen LogP) is 2.67. The summed E-state index contributed by atoms with van der Waals surface area (Å²) in [6, 6.07) is 1.39. The fourth-order valence-corrected chi connectivity index (χ4v) is 2.05. The Morgan fingerprint density at radius 2 is 2.15 bits per heavy atom. The molecule has 2 heterocycles. The molecule has 6 nitrogen and oxygen atoms in total. The van der Waals surface area contributed by atoms with Crippen LogP contribution in [0.5, 0.6) is 0 Å². The minimum absolute atomic E-state index is 0.244. The maximum Gasteiger partial charge on any atom is 0.255 e. The number of hydrogen-bond acceptors (Lipinski definition) is 5. The van der Waals surface area contributed by atoms with Gasteiger partial charge in [-0.15, -0.1) is 0 Å². The van der Waals surface area contributed by atoms with Crippen molar-refractivity contribution < 1.29 is 9.21 Å². The highest BCUT2D eigenvalue weighted by atomic mass is 79.9. The Hall–Kier alpha value is -1.89. The topological polar surface area (TPSA) is 80.0 Å². The van der Waals surface area contributed by atoms with E-state index < -0.39 is 0 Å². The largest absolute Gasteiger partial charge is 0.444 e. The highest BCUT2D eigenvalue weighted by Crippen LogP contribution is 2.19. The van der Waals surface area contributed by atoms with E-state index in [1.165, 1.54) is 0 Å². The van der Waals surface area contributed by atoms with Crippen molar-refractivity contribution in [1.82, 2.24) is 15.3 Å². The number of rotatable bonds is 4. The van der Waals surface area contributed by atoms with Crippen LogP contribution in [0.4, 0.5) is 5.82 Å². The molecule has 0 spiro atoms. The van der Waals surface area contributed by atoms with Gasteiger partial charge in [0.25, 0.3) is 5.91 Å². The first-order chi connectivity index (χ1) is 9.51. The summed E-state index contributed by atoms with van der Waals surface area (Å²) in [6.07, 6.45) is 3.25. The number of aromatic nitrogens is 2. The molecular formula is C13H15BrN4O2. The van der Waals surface area contributed by atoms with Gasteiger partial charge in [-0.3, -0.25) is 4.79 Å². The average molecular weight is 339 g/mol. The van der Waals surface area contributed by atoms with Crippen LogP contribution < -0.4 is 10.6 Å². The number of carbonyl (C=O) groups excluding carboxylic acids is 1. The van der Waals surface area contributed by atoms with Crippen molar-refractivity contribution in [3.8, 4) is 0 Å². The van der Waals surface area contributed by atoms with Crippen molar-refractivity contribution in [2.24, 2.45) is 0 Å². The Kier molecular flexibility index (Phi) is 4.39. The molecule has 1 amide bonds. The normalized spacial score (nSPS) is 12.0. The van der Waals surface area contributed by atoms with E-state index in [2.05, 4.69) is 36.5 Å². The molecule has 0 radical (unpaired) electrons. The zero-order chi connectivity index (χ0) is 14.7. The molecule has 7 heteroatoms. The Balaban J connectivity index is 2.18. The van der Waals surface area contributed by atoms with Crippen LogP contribution in [0.3, 0.4) is 0 Å². The smallest absolute Gasteiger partial charge is 0.255 e. The fourth-order valence-electron chi connectivity index (χ4n) is 1.72. The van der Waals surface area contributed by atoms with Gasteiger partial charge >= 0.3 is 0 Å². The summed E-state index contributed by atoms with van der Waals surface area (Å²) >= 11 is 3.31. The lowest BCUT2D eigenvalue weighted by atomic mass is 10.2. The summed E-state index contributed by atoms with van der Waals surface area (Å²) in [5, 5.41) is 5.72. The second-order valence-corrected chi connectivity index (χ2v) is 5.22. The summed E-state index contributed by atoms with van der Waals surface area (Å²) < 4.78 is 6.13. The second-order valence-electron chi connectivity index (χ2n) is 4.30.